The molecule has 0 bridgehead atoms. The lowest BCUT2D eigenvalue weighted by molar-refractivity contribution is 0.349. The third kappa shape index (κ3) is 7.67. The number of imidazole rings is 1. The second kappa shape index (κ2) is 13.4. The van der Waals surface area contributed by atoms with Gasteiger partial charge in [-0.25, -0.2) is 15.0 Å². The molecule has 1 aliphatic rings. The van der Waals surface area contributed by atoms with Crippen LogP contribution in [0.2, 0.25) is 0 Å². The molecular formula is C29H29N7S3. The molecule has 1 saturated heterocycles. The molecule has 0 unspecified atom stereocenters. The average molecular weight is 572 g/mol. The van der Waals surface area contributed by atoms with Gasteiger partial charge < -0.3 is 16.0 Å². The molecule has 3 aromatic heterocycles. The van der Waals surface area contributed by atoms with Crippen molar-refractivity contribution in [2.45, 2.75) is 6.54 Å². The van der Waals surface area contributed by atoms with Crippen molar-refractivity contribution in [2.75, 3.05) is 18.2 Å². The molecule has 0 radical (unpaired) electrons. The van der Waals surface area contributed by atoms with Gasteiger partial charge >= 0.3 is 0 Å². The molecule has 0 spiro atoms. The molecule has 0 saturated carbocycles. The van der Waals surface area contributed by atoms with E-state index in [2.05, 4.69) is 32.0 Å². The van der Waals surface area contributed by atoms with E-state index in [1.807, 2.05) is 93.9 Å². The summed E-state index contributed by atoms with van der Waals surface area (Å²) in [6, 6.07) is 24.1. The number of thioether (sulfide) groups is 1. The number of benzene rings is 2. The monoisotopic (exact) mass is 571 g/mol. The second-order valence-electron chi connectivity index (χ2n) is 8.69. The number of thiophene rings is 2. The van der Waals surface area contributed by atoms with Crippen LogP contribution < -0.4 is 11.5 Å². The van der Waals surface area contributed by atoms with Crippen molar-refractivity contribution in [3.63, 3.8) is 0 Å². The van der Waals surface area contributed by atoms with Crippen molar-refractivity contribution in [1.82, 2.24) is 14.5 Å². The molecule has 4 heterocycles. The van der Waals surface area contributed by atoms with E-state index in [1.165, 1.54) is 17.9 Å². The fraction of sp³-hybridized carbons (Fsp3) is 0.138. The van der Waals surface area contributed by atoms with Crippen LogP contribution >= 0.6 is 34.4 Å². The Balaban J connectivity index is 0.000000158. The van der Waals surface area contributed by atoms with Gasteiger partial charge in [-0.2, -0.15) is 0 Å². The number of aliphatic imine (C=N–C) groups is 2. The summed E-state index contributed by atoms with van der Waals surface area (Å²) in [6.45, 7) is 2.22. The zero-order valence-corrected chi connectivity index (χ0v) is 23.7. The molecular weight excluding hydrogens is 543 g/mol. The van der Waals surface area contributed by atoms with E-state index in [0.717, 1.165) is 39.2 Å². The first-order valence-electron chi connectivity index (χ1n) is 12.4. The van der Waals surface area contributed by atoms with E-state index in [-0.39, 0.29) is 0 Å². The minimum absolute atomic E-state index is 0.547. The first kappa shape index (κ1) is 26.9. The van der Waals surface area contributed by atoms with Gasteiger partial charge in [0.15, 0.2) is 0 Å². The van der Waals surface area contributed by atoms with Gasteiger partial charge in [0.1, 0.15) is 11.7 Å². The highest BCUT2D eigenvalue weighted by Crippen LogP contribution is 2.20. The van der Waals surface area contributed by atoms with Crippen LogP contribution in [0.15, 0.2) is 112 Å². The number of nitrogens with two attached hydrogens (primary N) is 2. The van der Waals surface area contributed by atoms with Crippen LogP contribution in [-0.2, 0) is 6.54 Å². The highest BCUT2D eigenvalue weighted by Gasteiger charge is 2.11. The number of hydrogen-bond acceptors (Lipinski definition) is 7. The van der Waals surface area contributed by atoms with E-state index in [9.17, 15) is 0 Å². The van der Waals surface area contributed by atoms with Gasteiger partial charge in [0.05, 0.1) is 27.5 Å². The summed E-state index contributed by atoms with van der Waals surface area (Å²) < 4.78 is 1.94. The Morgan fingerprint density at radius 2 is 1.44 bits per heavy atom. The first-order valence-corrected chi connectivity index (χ1v) is 15.3. The van der Waals surface area contributed by atoms with E-state index in [4.69, 9.17) is 11.5 Å². The molecule has 1 fully saturated rings. The molecule has 6 rings (SSSR count). The van der Waals surface area contributed by atoms with Crippen molar-refractivity contribution in [1.29, 1.82) is 0 Å². The Kier molecular flexibility index (Phi) is 9.23. The lowest BCUT2D eigenvalue weighted by Gasteiger charge is -2.13. The molecule has 5 aromatic rings. The summed E-state index contributed by atoms with van der Waals surface area (Å²) in [5, 5.41) is 3.99. The summed E-state index contributed by atoms with van der Waals surface area (Å²) in [7, 11) is 0. The molecule has 39 heavy (non-hydrogen) atoms. The summed E-state index contributed by atoms with van der Waals surface area (Å²) in [6.07, 6.45) is 5.41. The Labute approximate surface area is 240 Å². The van der Waals surface area contributed by atoms with Gasteiger partial charge in [0, 0.05) is 42.8 Å². The average Bonchev–Trinajstić information content (AvgIpc) is 3.79. The normalized spacial score (nSPS) is 14.3. The van der Waals surface area contributed by atoms with Crippen LogP contribution in [0.3, 0.4) is 0 Å². The van der Waals surface area contributed by atoms with Gasteiger partial charge in [-0.15, -0.1) is 34.4 Å². The maximum atomic E-state index is 5.99. The fourth-order valence-electron chi connectivity index (χ4n) is 3.86. The smallest absolute Gasteiger partial charge is 0.141 e. The molecule has 0 aliphatic carbocycles. The van der Waals surface area contributed by atoms with Crippen molar-refractivity contribution < 1.29 is 0 Å². The third-order valence-corrected chi connectivity index (χ3v) is 8.67. The Morgan fingerprint density at radius 3 is 1.92 bits per heavy atom. The predicted octanol–water partition coefficient (Wildman–Crippen LogP) is 6.26. The standard InChI is InChI=1S/C15H17N3S2.C14H12N4S/c16-15(14-2-1-8-20-14)17-13-5-3-12(4-6-13)10-18-7-9-19-11-18;15-14(13-2-1-9-19-13)17-11-3-5-12(6-4-11)18-8-7-16-10-18/h1-6,8H,7,9-11H2,(H2,16,17);1-10H,(H2,15,17). The highest BCUT2D eigenvalue weighted by molar-refractivity contribution is 7.99. The predicted molar refractivity (Wildman–Crippen MR) is 167 cm³/mol. The lowest BCUT2D eigenvalue weighted by Crippen LogP contribution is -2.18. The van der Waals surface area contributed by atoms with E-state index >= 15 is 0 Å². The highest BCUT2D eigenvalue weighted by atomic mass is 32.2. The van der Waals surface area contributed by atoms with Gasteiger partial charge in [0.25, 0.3) is 0 Å². The number of aromatic nitrogens is 2. The second-order valence-corrected chi connectivity index (χ2v) is 11.7. The van der Waals surface area contributed by atoms with Gasteiger partial charge in [-0.1, -0.05) is 24.3 Å². The minimum atomic E-state index is 0.547. The van der Waals surface area contributed by atoms with Crippen molar-refractivity contribution in [3.8, 4) is 5.69 Å². The maximum absolute atomic E-state index is 5.99. The maximum Gasteiger partial charge on any atom is 0.141 e. The van der Waals surface area contributed by atoms with Crippen LogP contribution in [0, 0.1) is 0 Å². The molecule has 10 heteroatoms. The minimum Gasteiger partial charge on any atom is -0.383 e. The zero-order valence-electron chi connectivity index (χ0n) is 21.3. The number of amidine groups is 2. The van der Waals surface area contributed by atoms with Crippen LogP contribution in [-0.4, -0.2) is 44.3 Å². The number of rotatable bonds is 7. The summed E-state index contributed by atoms with van der Waals surface area (Å²) in [5.74, 6) is 3.53. The Bertz CT molecular complexity index is 1470. The third-order valence-electron chi connectivity index (χ3n) is 5.87. The molecule has 2 aromatic carbocycles. The van der Waals surface area contributed by atoms with Gasteiger partial charge in [0.2, 0.25) is 0 Å². The molecule has 4 N–H and O–H groups in total. The topological polar surface area (TPSA) is 97.8 Å². The molecule has 198 valence electrons. The number of hydrogen-bond donors (Lipinski definition) is 2. The fourth-order valence-corrected chi connectivity index (χ4v) is 6.11. The van der Waals surface area contributed by atoms with Crippen LogP contribution in [0.1, 0.15) is 15.3 Å². The van der Waals surface area contributed by atoms with Crippen molar-refractivity contribution >= 4 is 57.5 Å². The molecule has 7 nitrogen and oxygen atoms in total. The zero-order chi connectivity index (χ0) is 26.9. The Hall–Kier alpha value is -3.70. The lowest BCUT2D eigenvalue weighted by atomic mass is 10.2. The molecule has 0 atom stereocenters. The Morgan fingerprint density at radius 1 is 0.821 bits per heavy atom. The van der Waals surface area contributed by atoms with E-state index in [1.54, 1.807) is 35.2 Å². The van der Waals surface area contributed by atoms with Gasteiger partial charge in [-0.3, -0.25) is 4.90 Å². The first-order chi connectivity index (χ1) is 19.1. The van der Waals surface area contributed by atoms with Crippen LogP contribution in [0.25, 0.3) is 5.69 Å². The largest absolute Gasteiger partial charge is 0.383 e. The summed E-state index contributed by atoms with van der Waals surface area (Å²) in [4.78, 5) is 17.3. The molecule has 0 amide bonds. The SMILES string of the molecule is NC(=Nc1ccc(-n2ccnc2)cc1)c1cccs1.NC(=Nc1ccc(CN2CCSC2)cc1)c1cccs1. The van der Waals surface area contributed by atoms with Crippen LogP contribution in [0.4, 0.5) is 11.4 Å². The van der Waals surface area contributed by atoms with Crippen LogP contribution in [0.5, 0.6) is 0 Å². The van der Waals surface area contributed by atoms with E-state index in [0.29, 0.717) is 11.7 Å². The number of nitrogens with zero attached hydrogens (tertiary/aromatic N) is 5. The van der Waals surface area contributed by atoms with Crippen molar-refractivity contribution in [3.05, 3.63) is 118 Å². The quantitative estimate of drug-likeness (QED) is 0.177. The molecule has 1 aliphatic heterocycles. The summed E-state index contributed by atoms with van der Waals surface area (Å²) in [5.41, 5.74) is 16.1. The van der Waals surface area contributed by atoms with Gasteiger partial charge in [-0.05, 0) is 64.9 Å². The summed E-state index contributed by atoms with van der Waals surface area (Å²) >= 11 is 5.19. The van der Waals surface area contributed by atoms with E-state index < -0.39 is 0 Å². The van der Waals surface area contributed by atoms with Crippen molar-refractivity contribution in [2.24, 2.45) is 21.5 Å².